The zero-order valence-electron chi connectivity index (χ0n) is 50.1. The van der Waals surface area contributed by atoms with E-state index in [1.165, 1.54) is 43.1 Å². The predicted molar refractivity (Wildman–Crippen MR) is 388 cm³/mol. The van der Waals surface area contributed by atoms with E-state index in [4.69, 9.17) is 19.9 Å². The molecule has 0 radical (unpaired) electrons. The molecule has 0 bridgehead atoms. The zero-order valence-corrected chi connectivity index (χ0v) is 50.1. The molecule has 428 valence electrons. The van der Waals surface area contributed by atoms with Gasteiger partial charge in [0.15, 0.2) is 0 Å². The molecule has 4 heterocycles. The van der Waals surface area contributed by atoms with E-state index >= 15 is 0 Å². The second kappa shape index (κ2) is 23.0. The highest BCUT2D eigenvalue weighted by atomic mass is 14.8. The van der Waals surface area contributed by atoms with Gasteiger partial charge in [-0.1, -0.05) is 291 Å². The Bertz CT molecular complexity index is 5140. The summed E-state index contributed by atoms with van der Waals surface area (Å²) in [6, 6.07) is 121. The quantitative estimate of drug-likeness (QED) is 0.142. The van der Waals surface area contributed by atoms with Crippen LogP contribution in [0.4, 0.5) is 0 Å². The SMILES string of the molecule is c1ccc(-c2cc(-c3ccc4ccccc4c3)nc3c2ccc2c(-c4ccccc4)cc(-c4ccc5ccccc5c4)nc23)cc1.c1ccc(-c2cc(-c3ccc4ccccc4c3)nc3c2ccc2c(-c4ccccc4)cc(-c4ccc5ccccc5c4)nc23)cc1. The van der Waals surface area contributed by atoms with Crippen molar-refractivity contribution in [1.82, 2.24) is 19.9 Å². The maximum atomic E-state index is 5.42. The molecule has 14 aromatic carbocycles. The van der Waals surface area contributed by atoms with Crippen molar-refractivity contribution in [3.8, 4) is 89.5 Å². The molecule has 0 saturated heterocycles. The molecule has 92 heavy (non-hydrogen) atoms. The first-order chi connectivity index (χ1) is 45.6. The molecule has 4 heteroatoms. The Balaban J connectivity index is 0.000000141. The smallest absolute Gasteiger partial charge is 0.0978 e. The summed E-state index contributed by atoms with van der Waals surface area (Å²) in [7, 11) is 0. The first-order valence-corrected chi connectivity index (χ1v) is 31.3. The number of nitrogens with zero attached hydrogens (tertiary/aromatic N) is 4. The molecular formula is C88H56N4. The van der Waals surface area contributed by atoms with Crippen LogP contribution in [0.15, 0.2) is 340 Å². The Morgan fingerprint density at radius 3 is 0.554 bits per heavy atom. The van der Waals surface area contributed by atoms with E-state index in [2.05, 4.69) is 340 Å². The molecule has 0 atom stereocenters. The van der Waals surface area contributed by atoms with Gasteiger partial charge in [-0.3, -0.25) is 0 Å². The Kier molecular flexibility index (Phi) is 13.5. The van der Waals surface area contributed by atoms with Crippen LogP contribution in [0.2, 0.25) is 0 Å². The molecule has 0 amide bonds. The van der Waals surface area contributed by atoms with Gasteiger partial charge in [0.2, 0.25) is 0 Å². The first kappa shape index (κ1) is 54.0. The highest BCUT2D eigenvalue weighted by Crippen LogP contribution is 2.43. The highest BCUT2D eigenvalue weighted by molar-refractivity contribution is 6.15. The lowest BCUT2D eigenvalue weighted by atomic mass is 9.93. The molecule has 4 aromatic heterocycles. The molecule has 18 aromatic rings. The van der Waals surface area contributed by atoms with E-state index in [-0.39, 0.29) is 0 Å². The van der Waals surface area contributed by atoms with E-state index in [0.717, 1.165) is 133 Å². The van der Waals surface area contributed by atoms with Crippen LogP contribution in [0.25, 0.3) is 176 Å². The van der Waals surface area contributed by atoms with E-state index in [1.807, 2.05) is 0 Å². The number of fused-ring (bicyclic) bond motifs is 10. The number of hydrogen-bond donors (Lipinski definition) is 0. The summed E-state index contributed by atoms with van der Waals surface area (Å²) in [5.74, 6) is 0. The van der Waals surface area contributed by atoms with Gasteiger partial charge in [0, 0.05) is 43.8 Å². The van der Waals surface area contributed by atoms with Gasteiger partial charge in [-0.25, -0.2) is 19.9 Å². The monoisotopic (exact) mass is 1170 g/mol. The minimum absolute atomic E-state index is 0.904. The molecule has 0 N–H and O–H groups in total. The summed E-state index contributed by atoms with van der Waals surface area (Å²) in [4.78, 5) is 21.7. The van der Waals surface area contributed by atoms with E-state index < -0.39 is 0 Å². The average molecular weight is 1170 g/mol. The van der Waals surface area contributed by atoms with Crippen LogP contribution in [0.1, 0.15) is 0 Å². The summed E-state index contributed by atoms with van der Waals surface area (Å²) in [6.45, 7) is 0. The topological polar surface area (TPSA) is 51.6 Å². The maximum Gasteiger partial charge on any atom is 0.0978 e. The largest absolute Gasteiger partial charge is 0.245 e. The van der Waals surface area contributed by atoms with E-state index in [0.29, 0.717) is 0 Å². The van der Waals surface area contributed by atoms with Crippen LogP contribution in [0.3, 0.4) is 0 Å². The zero-order chi connectivity index (χ0) is 60.9. The van der Waals surface area contributed by atoms with Crippen LogP contribution in [-0.4, -0.2) is 19.9 Å². The minimum atomic E-state index is 0.904. The third-order valence-electron chi connectivity index (χ3n) is 18.0. The van der Waals surface area contributed by atoms with Gasteiger partial charge in [-0.15, -0.1) is 0 Å². The van der Waals surface area contributed by atoms with Crippen molar-refractivity contribution in [2.24, 2.45) is 0 Å². The molecule has 0 aliphatic rings. The van der Waals surface area contributed by atoms with Gasteiger partial charge in [-0.2, -0.15) is 0 Å². The van der Waals surface area contributed by atoms with Crippen molar-refractivity contribution in [3.63, 3.8) is 0 Å². The van der Waals surface area contributed by atoms with Crippen molar-refractivity contribution in [3.05, 3.63) is 340 Å². The normalized spacial score (nSPS) is 11.5. The van der Waals surface area contributed by atoms with Crippen molar-refractivity contribution in [1.29, 1.82) is 0 Å². The fraction of sp³-hybridized carbons (Fsp3) is 0. The summed E-state index contributed by atoms with van der Waals surface area (Å²) in [5, 5.41) is 14.0. The van der Waals surface area contributed by atoms with Crippen molar-refractivity contribution in [2.75, 3.05) is 0 Å². The predicted octanol–water partition coefficient (Wildman–Crippen LogP) is 23.5. The van der Waals surface area contributed by atoms with Gasteiger partial charge in [0.1, 0.15) is 0 Å². The van der Waals surface area contributed by atoms with Crippen LogP contribution in [-0.2, 0) is 0 Å². The average Bonchev–Trinajstić information content (AvgIpc) is 0.768. The van der Waals surface area contributed by atoms with Crippen LogP contribution >= 0.6 is 0 Å². The van der Waals surface area contributed by atoms with Gasteiger partial charge < -0.3 is 0 Å². The Hall–Kier alpha value is -12.2. The lowest BCUT2D eigenvalue weighted by Gasteiger charge is -2.16. The van der Waals surface area contributed by atoms with E-state index in [9.17, 15) is 0 Å². The van der Waals surface area contributed by atoms with Crippen molar-refractivity contribution < 1.29 is 0 Å². The summed E-state index contributed by atoms with van der Waals surface area (Å²) < 4.78 is 0. The lowest BCUT2D eigenvalue weighted by molar-refractivity contribution is 1.37. The van der Waals surface area contributed by atoms with Crippen LogP contribution in [0, 0.1) is 0 Å². The molecule has 0 spiro atoms. The van der Waals surface area contributed by atoms with Crippen LogP contribution < -0.4 is 0 Å². The number of pyridine rings is 4. The first-order valence-electron chi connectivity index (χ1n) is 31.3. The second-order valence-corrected chi connectivity index (χ2v) is 23.6. The number of aromatic nitrogens is 4. The van der Waals surface area contributed by atoms with Crippen molar-refractivity contribution >= 4 is 86.7 Å². The third kappa shape index (κ3) is 10.0. The molecule has 0 saturated carbocycles. The number of rotatable bonds is 8. The summed E-state index contributed by atoms with van der Waals surface area (Å²) in [5.41, 5.74) is 20.9. The molecular weight excluding hydrogens is 1110 g/mol. The summed E-state index contributed by atoms with van der Waals surface area (Å²) >= 11 is 0. The molecule has 0 aliphatic carbocycles. The van der Waals surface area contributed by atoms with Crippen molar-refractivity contribution in [2.45, 2.75) is 0 Å². The Labute approximate surface area is 532 Å². The van der Waals surface area contributed by atoms with Gasteiger partial charge >= 0.3 is 0 Å². The molecule has 0 unspecified atom stereocenters. The molecule has 0 aliphatic heterocycles. The third-order valence-corrected chi connectivity index (χ3v) is 18.0. The van der Waals surface area contributed by atoms with Gasteiger partial charge in [0.25, 0.3) is 0 Å². The Morgan fingerprint density at radius 1 is 0.141 bits per heavy atom. The fourth-order valence-corrected chi connectivity index (χ4v) is 13.4. The maximum absolute atomic E-state index is 5.42. The van der Waals surface area contributed by atoms with E-state index in [1.54, 1.807) is 0 Å². The number of hydrogen-bond acceptors (Lipinski definition) is 4. The van der Waals surface area contributed by atoms with Gasteiger partial charge in [0.05, 0.1) is 44.8 Å². The molecule has 0 fully saturated rings. The highest BCUT2D eigenvalue weighted by Gasteiger charge is 2.20. The number of benzene rings is 14. The standard InChI is InChI=1S/2C44H28N2/c2*1-3-13-31(14-4-1)39-27-41(35-21-19-29-11-7-9-17-33(29)25-35)45-43-37(39)23-24-38-40(32-15-5-2-6-16-32)28-42(46-44(38)43)36-22-20-30-12-8-10-18-34(30)26-36/h2*1-28H. The minimum Gasteiger partial charge on any atom is -0.245 e. The van der Waals surface area contributed by atoms with Gasteiger partial charge in [-0.05, 0) is 136 Å². The summed E-state index contributed by atoms with van der Waals surface area (Å²) in [6.07, 6.45) is 0. The molecule has 18 rings (SSSR count). The molecule has 4 nitrogen and oxygen atoms in total. The van der Waals surface area contributed by atoms with Crippen LogP contribution in [0.5, 0.6) is 0 Å². The lowest BCUT2D eigenvalue weighted by Crippen LogP contribution is -1.95. The second-order valence-electron chi connectivity index (χ2n) is 23.6. The Morgan fingerprint density at radius 2 is 0.337 bits per heavy atom. The fourth-order valence-electron chi connectivity index (χ4n) is 13.4.